The van der Waals surface area contributed by atoms with E-state index < -0.39 is 0 Å². The zero-order valence-corrected chi connectivity index (χ0v) is 24.4. The van der Waals surface area contributed by atoms with E-state index in [0.717, 1.165) is 35.2 Å². The summed E-state index contributed by atoms with van der Waals surface area (Å²) in [5.74, 6) is 0. The molecule has 4 aromatic rings. The Hall–Kier alpha value is -2.18. The average molecular weight is 616 g/mol. The summed E-state index contributed by atoms with van der Waals surface area (Å²) in [6.07, 6.45) is 17.5. The first-order chi connectivity index (χ1) is 16.7. The third-order valence-corrected chi connectivity index (χ3v) is 6.97. The van der Waals surface area contributed by atoms with Crippen molar-refractivity contribution in [3.8, 4) is 0 Å². The van der Waals surface area contributed by atoms with Gasteiger partial charge in [-0.2, -0.15) is 9.13 Å². The van der Waals surface area contributed by atoms with Gasteiger partial charge < -0.3 is 45.4 Å². The molecule has 0 spiro atoms. The van der Waals surface area contributed by atoms with Gasteiger partial charge in [0, 0.05) is 37.1 Å². The van der Waals surface area contributed by atoms with Crippen LogP contribution in [0.15, 0.2) is 73.1 Å². The van der Waals surface area contributed by atoms with Crippen molar-refractivity contribution in [1.82, 2.24) is 0 Å². The van der Waals surface area contributed by atoms with Crippen LogP contribution in [0.3, 0.4) is 0 Å². The Balaban J connectivity index is 0.00000228. The SMILES string of the molecule is Nc1cc[n+](CCCCCCCCCCCC[n+]2ccc(N)c3ccccc32)c2ccccc12.[Br-].[Br-]. The maximum absolute atomic E-state index is 6.12. The van der Waals surface area contributed by atoms with Crippen molar-refractivity contribution in [2.24, 2.45) is 0 Å². The monoisotopic (exact) mass is 614 g/mol. The van der Waals surface area contributed by atoms with Gasteiger partial charge in [0.25, 0.3) is 0 Å². The third kappa shape index (κ3) is 8.17. The van der Waals surface area contributed by atoms with Crippen molar-refractivity contribution in [3.63, 3.8) is 0 Å². The largest absolute Gasteiger partial charge is 1.00 e. The number of hydrogen-bond acceptors (Lipinski definition) is 2. The lowest BCUT2D eigenvalue weighted by molar-refractivity contribution is -0.672. The van der Waals surface area contributed by atoms with Crippen molar-refractivity contribution in [2.75, 3.05) is 11.5 Å². The molecule has 0 bridgehead atoms. The molecule has 0 unspecified atom stereocenters. The summed E-state index contributed by atoms with van der Waals surface area (Å²) in [6, 6.07) is 20.9. The van der Waals surface area contributed by atoms with Crippen LogP contribution in [0, 0.1) is 0 Å². The van der Waals surface area contributed by atoms with Crippen LogP contribution >= 0.6 is 0 Å². The standard InChI is InChI=1S/C30H38N4.2BrH/c31-27-19-23-33(29-17-11-9-15-25(27)29)21-13-7-5-3-1-2-4-6-8-14-22-34-24-20-28(32)26-16-10-12-18-30(26)34;;/h9-12,15-20,23-24,31-32H,1-8,13-14,21-22H2;2*1H. The Morgan fingerprint density at radius 2 is 0.778 bits per heavy atom. The number of fused-ring (bicyclic) bond motifs is 2. The first-order valence-corrected chi connectivity index (χ1v) is 13.1. The Morgan fingerprint density at radius 3 is 1.17 bits per heavy atom. The van der Waals surface area contributed by atoms with Gasteiger partial charge in [0.1, 0.15) is 13.1 Å². The molecule has 0 aliphatic rings. The number of unbranched alkanes of at least 4 members (excludes halogenated alkanes) is 9. The smallest absolute Gasteiger partial charge is 0.214 e. The second kappa shape index (κ2) is 15.8. The van der Waals surface area contributed by atoms with Gasteiger partial charge in [0.05, 0.1) is 22.1 Å². The molecule has 2 heterocycles. The van der Waals surface area contributed by atoms with Crippen LogP contribution in [0.2, 0.25) is 0 Å². The van der Waals surface area contributed by atoms with Crippen molar-refractivity contribution < 1.29 is 43.1 Å². The van der Waals surface area contributed by atoms with Crippen LogP contribution in [0.25, 0.3) is 21.8 Å². The maximum Gasteiger partial charge on any atom is 0.214 e. The molecule has 0 atom stereocenters. The minimum atomic E-state index is 0. The molecule has 4 rings (SSSR count). The molecule has 0 saturated heterocycles. The van der Waals surface area contributed by atoms with E-state index in [1.807, 2.05) is 12.1 Å². The molecular weight excluding hydrogens is 576 g/mol. The lowest BCUT2D eigenvalue weighted by Gasteiger charge is -2.05. The number of pyridine rings is 2. The maximum atomic E-state index is 6.12. The topological polar surface area (TPSA) is 59.8 Å². The first-order valence-electron chi connectivity index (χ1n) is 13.1. The summed E-state index contributed by atoms with van der Waals surface area (Å²) < 4.78 is 4.69. The van der Waals surface area contributed by atoms with Crippen molar-refractivity contribution in [3.05, 3.63) is 73.1 Å². The number of nitrogen functional groups attached to an aromatic ring is 2. The quantitative estimate of drug-likeness (QED) is 0.168. The predicted molar refractivity (Wildman–Crippen MR) is 143 cm³/mol. The van der Waals surface area contributed by atoms with E-state index in [0.29, 0.717) is 0 Å². The van der Waals surface area contributed by atoms with Crippen LogP contribution in [0.4, 0.5) is 11.4 Å². The summed E-state index contributed by atoms with van der Waals surface area (Å²) >= 11 is 0. The highest BCUT2D eigenvalue weighted by molar-refractivity contribution is 5.88. The zero-order chi connectivity index (χ0) is 23.6. The fourth-order valence-corrected chi connectivity index (χ4v) is 4.99. The number of rotatable bonds is 13. The molecule has 4 nitrogen and oxygen atoms in total. The second-order valence-corrected chi connectivity index (χ2v) is 9.50. The highest BCUT2D eigenvalue weighted by Crippen LogP contribution is 2.18. The molecule has 194 valence electrons. The fourth-order valence-electron chi connectivity index (χ4n) is 4.99. The number of para-hydroxylation sites is 2. The lowest BCUT2D eigenvalue weighted by Crippen LogP contribution is -3.00. The van der Waals surface area contributed by atoms with E-state index >= 15 is 0 Å². The normalized spacial score (nSPS) is 10.8. The van der Waals surface area contributed by atoms with Crippen molar-refractivity contribution in [2.45, 2.75) is 77.3 Å². The fraction of sp³-hybridized carbons (Fsp3) is 0.400. The van der Waals surface area contributed by atoms with E-state index in [4.69, 9.17) is 11.5 Å². The molecule has 6 heteroatoms. The van der Waals surface area contributed by atoms with Crippen LogP contribution in [-0.4, -0.2) is 0 Å². The molecule has 2 aromatic heterocycles. The molecule has 0 fully saturated rings. The Labute approximate surface area is 237 Å². The summed E-state index contributed by atoms with van der Waals surface area (Å²) in [5, 5.41) is 2.32. The van der Waals surface area contributed by atoms with Crippen molar-refractivity contribution in [1.29, 1.82) is 0 Å². The highest BCUT2D eigenvalue weighted by Gasteiger charge is 2.11. The number of nitrogens with two attached hydrogens (primary N) is 2. The molecule has 0 radical (unpaired) electrons. The molecule has 0 aliphatic carbocycles. The third-order valence-electron chi connectivity index (χ3n) is 6.97. The second-order valence-electron chi connectivity index (χ2n) is 9.50. The number of anilines is 2. The van der Waals surface area contributed by atoms with E-state index in [2.05, 4.69) is 70.1 Å². The average Bonchev–Trinajstić information content (AvgIpc) is 2.87. The molecule has 0 aliphatic heterocycles. The van der Waals surface area contributed by atoms with E-state index in [1.54, 1.807) is 0 Å². The zero-order valence-electron chi connectivity index (χ0n) is 21.2. The lowest BCUT2D eigenvalue weighted by atomic mass is 10.1. The van der Waals surface area contributed by atoms with Gasteiger partial charge in [0.15, 0.2) is 12.4 Å². The predicted octanol–water partition coefficient (Wildman–Crippen LogP) is 0.342. The summed E-state index contributed by atoms with van der Waals surface area (Å²) in [5.41, 5.74) is 16.5. The van der Waals surface area contributed by atoms with Gasteiger partial charge in [-0.1, -0.05) is 62.8 Å². The van der Waals surface area contributed by atoms with Gasteiger partial charge in [-0.15, -0.1) is 0 Å². The van der Waals surface area contributed by atoms with Crippen LogP contribution in [0.1, 0.15) is 64.2 Å². The number of nitrogens with zero attached hydrogens (tertiary/aromatic N) is 2. The molecular formula is C30H40Br2N4. The Bertz CT molecular complexity index is 1120. The van der Waals surface area contributed by atoms with E-state index in [-0.39, 0.29) is 34.0 Å². The van der Waals surface area contributed by atoms with E-state index in [1.165, 1.54) is 75.2 Å². The van der Waals surface area contributed by atoms with Gasteiger partial charge in [-0.05, 0) is 25.0 Å². The summed E-state index contributed by atoms with van der Waals surface area (Å²) in [4.78, 5) is 0. The number of aromatic nitrogens is 2. The number of halogens is 2. The molecule has 0 saturated carbocycles. The van der Waals surface area contributed by atoms with Gasteiger partial charge in [-0.3, -0.25) is 0 Å². The summed E-state index contributed by atoms with van der Waals surface area (Å²) in [6.45, 7) is 2.14. The van der Waals surface area contributed by atoms with Crippen LogP contribution in [0.5, 0.6) is 0 Å². The highest BCUT2D eigenvalue weighted by atomic mass is 79.9. The summed E-state index contributed by atoms with van der Waals surface area (Å²) in [7, 11) is 0. The van der Waals surface area contributed by atoms with Gasteiger partial charge in [-0.25, -0.2) is 0 Å². The van der Waals surface area contributed by atoms with Crippen LogP contribution in [-0.2, 0) is 13.1 Å². The van der Waals surface area contributed by atoms with Gasteiger partial charge >= 0.3 is 0 Å². The number of benzene rings is 2. The number of hydrogen-bond donors (Lipinski definition) is 2. The van der Waals surface area contributed by atoms with Crippen molar-refractivity contribution >= 4 is 33.2 Å². The van der Waals surface area contributed by atoms with Crippen LogP contribution < -0.4 is 54.6 Å². The first kappa shape index (κ1) is 30.0. The minimum Gasteiger partial charge on any atom is -1.00 e. The molecule has 4 N–H and O–H groups in total. The van der Waals surface area contributed by atoms with E-state index in [9.17, 15) is 0 Å². The number of aryl methyl sites for hydroxylation is 2. The molecule has 0 amide bonds. The Kier molecular flexibility index (Phi) is 13.2. The molecule has 2 aromatic carbocycles. The Morgan fingerprint density at radius 1 is 0.444 bits per heavy atom. The van der Waals surface area contributed by atoms with Gasteiger partial charge in [0.2, 0.25) is 11.0 Å². The minimum absolute atomic E-state index is 0. The molecule has 36 heavy (non-hydrogen) atoms.